The number of thioether (sulfide) groups is 1. The summed E-state index contributed by atoms with van der Waals surface area (Å²) in [5, 5.41) is 11.8. The Morgan fingerprint density at radius 3 is 2.85 bits per heavy atom. The average Bonchev–Trinajstić information content (AvgIpc) is 2.19. The summed E-state index contributed by atoms with van der Waals surface area (Å²) in [5.74, 6) is 0.934. The van der Waals surface area contributed by atoms with Crippen LogP contribution in [0.4, 0.5) is 0 Å². The molecule has 0 bridgehead atoms. The molecule has 1 heterocycles. The van der Waals surface area contributed by atoms with E-state index in [2.05, 4.69) is 15.1 Å². The van der Waals surface area contributed by atoms with E-state index in [1.54, 1.807) is 18.5 Å². The van der Waals surface area contributed by atoms with Crippen LogP contribution in [0.2, 0.25) is 0 Å². The van der Waals surface area contributed by atoms with E-state index in [1.807, 2.05) is 0 Å². The molecule has 0 aliphatic heterocycles. The second-order valence-corrected chi connectivity index (χ2v) is 3.28. The maximum absolute atomic E-state index is 8.25. The molecule has 1 rings (SSSR count). The summed E-state index contributed by atoms with van der Waals surface area (Å²) in [6, 6.07) is 1.76. The summed E-state index contributed by atoms with van der Waals surface area (Å²) >= 11 is 1.47. The van der Waals surface area contributed by atoms with E-state index in [0.717, 1.165) is 0 Å². The highest BCUT2D eigenvalue weighted by Gasteiger charge is 1.97. The molecule has 0 aliphatic rings. The average molecular weight is 198 g/mol. The minimum absolute atomic E-state index is 0.225. The Kier molecular flexibility index (Phi) is 4.04. The van der Waals surface area contributed by atoms with Gasteiger partial charge in [0.15, 0.2) is 5.16 Å². The zero-order chi connectivity index (χ0) is 9.52. The van der Waals surface area contributed by atoms with Gasteiger partial charge in [0, 0.05) is 24.6 Å². The molecular weight excluding hydrogens is 188 g/mol. The van der Waals surface area contributed by atoms with Gasteiger partial charge in [-0.25, -0.2) is 9.97 Å². The lowest BCUT2D eigenvalue weighted by Crippen LogP contribution is -2.12. The van der Waals surface area contributed by atoms with E-state index < -0.39 is 0 Å². The van der Waals surface area contributed by atoms with E-state index in [9.17, 15) is 0 Å². The van der Waals surface area contributed by atoms with Crippen LogP contribution in [0, 0.1) is 0 Å². The maximum atomic E-state index is 8.25. The van der Waals surface area contributed by atoms with Crippen molar-refractivity contribution in [1.29, 1.82) is 0 Å². The lowest BCUT2D eigenvalue weighted by atomic mass is 10.5. The highest BCUT2D eigenvalue weighted by atomic mass is 32.2. The Hall–Kier alpha value is -1.30. The van der Waals surface area contributed by atoms with Crippen molar-refractivity contribution < 1.29 is 5.21 Å². The topological polar surface area (TPSA) is 84.4 Å². The van der Waals surface area contributed by atoms with Crippen molar-refractivity contribution in [2.45, 2.75) is 11.6 Å². The van der Waals surface area contributed by atoms with Crippen molar-refractivity contribution in [3.05, 3.63) is 18.5 Å². The number of oxime groups is 1. The zero-order valence-electron chi connectivity index (χ0n) is 6.92. The van der Waals surface area contributed by atoms with Crippen molar-refractivity contribution in [3.8, 4) is 0 Å². The summed E-state index contributed by atoms with van der Waals surface area (Å²) in [4.78, 5) is 8.02. The molecule has 0 spiro atoms. The molecule has 0 aliphatic carbocycles. The smallest absolute Gasteiger partial charge is 0.187 e. The van der Waals surface area contributed by atoms with Crippen LogP contribution in [0.3, 0.4) is 0 Å². The van der Waals surface area contributed by atoms with Crippen LogP contribution in [-0.2, 0) is 0 Å². The van der Waals surface area contributed by atoms with E-state index in [1.165, 1.54) is 11.8 Å². The van der Waals surface area contributed by atoms with Gasteiger partial charge in [0.25, 0.3) is 0 Å². The summed E-state index contributed by atoms with van der Waals surface area (Å²) in [6.45, 7) is 0. The van der Waals surface area contributed by atoms with Crippen molar-refractivity contribution in [2.24, 2.45) is 10.9 Å². The Labute approximate surface area is 80.1 Å². The largest absolute Gasteiger partial charge is 0.409 e. The quantitative estimate of drug-likeness (QED) is 0.186. The van der Waals surface area contributed by atoms with Gasteiger partial charge in [-0.3, -0.25) is 0 Å². The molecule has 0 radical (unpaired) electrons. The molecule has 0 aromatic carbocycles. The van der Waals surface area contributed by atoms with Crippen molar-refractivity contribution in [1.82, 2.24) is 9.97 Å². The lowest BCUT2D eigenvalue weighted by Gasteiger charge is -1.97. The van der Waals surface area contributed by atoms with Crippen LogP contribution < -0.4 is 5.73 Å². The third kappa shape index (κ3) is 3.75. The standard InChI is InChI=1S/C7H10N4OS/c8-6(11-12)2-5-13-7-9-3-1-4-10-7/h1,3-4,12H,2,5H2,(H2,8,11). The first kappa shape index (κ1) is 9.79. The number of hydrogen-bond acceptors (Lipinski definition) is 5. The van der Waals surface area contributed by atoms with Crippen molar-refractivity contribution in [2.75, 3.05) is 5.75 Å². The summed E-state index contributed by atoms with van der Waals surface area (Å²) in [7, 11) is 0. The molecule has 0 saturated carbocycles. The molecule has 0 fully saturated rings. The van der Waals surface area contributed by atoms with Crippen LogP contribution in [-0.4, -0.2) is 26.8 Å². The highest BCUT2D eigenvalue weighted by Crippen LogP contribution is 2.11. The van der Waals surface area contributed by atoms with Crippen molar-refractivity contribution in [3.63, 3.8) is 0 Å². The van der Waals surface area contributed by atoms with Crippen LogP contribution in [0.1, 0.15) is 6.42 Å². The molecule has 1 aromatic rings. The van der Waals surface area contributed by atoms with E-state index >= 15 is 0 Å². The van der Waals surface area contributed by atoms with Crippen LogP contribution in [0.25, 0.3) is 0 Å². The third-order valence-electron chi connectivity index (χ3n) is 1.26. The van der Waals surface area contributed by atoms with Gasteiger partial charge in [-0.15, -0.1) is 0 Å². The van der Waals surface area contributed by atoms with Crippen LogP contribution in [0.15, 0.2) is 28.8 Å². The molecule has 3 N–H and O–H groups in total. The molecule has 0 atom stereocenters. The zero-order valence-corrected chi connectivity index (χ0v) is 7.74. The molecule has 5 nitrogen and oxygen atoms in total. The first-order valence-corrected chi connectivity index (χ1v) is 4.67. The van der Waals surface area contributed by atoms with Crippen molar-refractivity contribution >= 4 is 17.6 Å². The Bertz CT molecular complexity index is 277. The number of aromatic nitrogens is 2. The number of rotatable bonds is 4. The van der Waals surface area contributed by atoms with E-state index in [4.69, 9.17) is 10.9 Å². The number of nitrogens with zero attached hydrogens (tertiary/aromatic N) is 3. The fourth-order valence-electron chi connectivity index (χ4n) is 0.657. The minimum atomic E-state index is 0.225. The minimum Gasteiger partial charge on any atom is -0.409 e. The second-order valence-electron chi connectivity index (χ2n) is 2.22. The Morgan fingerprint density at radius 2 is 2.23 bits per heavy atom. The molecule has 70 valence electrons. The Balaban J connectivity index is 2.28. The predicted molar refractivity (Wildman–Crippen MR) is 50.8 cm³/mol. The molecule has 6 heteroatoms. The SMILES string of the molecule is N/C(CCSc1ncccn1)=N\O. The van der Waals surface area contributed by atoms with E-state index in [-0.39, 0.29) is 5.84 Å². The first-order valence-electron chi connectivity index (χ1n) is 3.69. The fraction of sp³-hybridized carbons (Fsp3) is 0.286. The Morgan fingerprint density at radius 1 is 1.54 bits per heavy atom. The van der Waals surface area contributed by atoms with Gasteiger partial charge < -0.3 is 10.9 Å². The predicted octanol–water partition coefficient (Wildman–Crippen LogP) is 0.705. The number of amidine groups is 1. The molecule has 0 amide bonds. The lowest BCUT2D eigenvalue weighted by molar-refractivity contribution is 0.317. The number of hydrogen-bond donors (Lipinski definition) is 2. The molecule has 0 unspecified atom stereocenters. The maximum Gasteiger partial charge on any atom is 0.187 e. The third-order valence-corrected chi connectivity index (χ3v) is 2.14. The normalized spacial score (nSPS) is 11.5. The fourth-order valence-corrected chi connectivity index (χ4v) is 1.42. The first-order chi connectivity index (χ1) is 6.33. The van der Waals surface area contributed by atoms with Gasteiger partial charge in [0.2, 0.25) is 0 Å². The van der Waals surface area contributed by atoms with E-state index in [0.29, 0.717) is 17.3 Å². The number of nitrogens with two attached hydrogens (primary N) is 1. The summed E-state index contributed by atoms with van der Waals surface area (Å²) in [5.41, 5.74) is 5.28. The molecular formula is C7H10N4OS. The van der Waals surface area contributed by atoms with Gasteiger partial charge in [0.05, 0.1) is 0 Å². The van der Waals surface area contributed by atoms with Gasteiger partial charge in [-0.05, 0) is 6.07 Å². The van der Waals surface area contributed by atoms with Crippen LogP contribution in [0.5, 0.6) is 0 Å². The molecule has 13 heavy (non-hydrogen) atoms. The van der Waals surface area contributed by atoms with Gasteiger partial charge >= 0.3 is 0 Å². The summed E-state index contributed by atoms with van der Waals surface area (Å²) in [6.07, 6.45) is 3.89. The molecule has 0 saturated heterocycles. The second kappa shape index (κ2) is 5.36. The summed E-state index contributed by atoms with van der Waals surface area (Å²) < 4.78 is 0. The van der Waals surface area contributed by atoms with Gasteiger partial charge in [-0.1, -0.05) is 16.9 Å². The highest BCUT2D eigenvalue weighted by molar-refractivity contribution is 7.99. The van der Waals surface area contributed by atoms with Gasteiger partial charge in [0.1, 0.15) is 5.84 Å². The van der Waals surface area contributed by atoms with Gasteiger partial charge in [-0.2, -0.15) is 0 Å². The van der Waals surface area contributed by atoms with Crippen LogP contribution >= 0.6 is 11.8 Å². The monoisotopic (exact) mass is 198 g/mol. The molecule has 1 aromatic heterocycles.